The third-order valence-electron chi connectivity index (χ3n) is 4.17. The highest BCUT2D eigenvalue weighted by molar-refractivity contribution is 6.09. The smallest absolute Gasteiger partial charge is 0.387 e. The summed E-state index contributed by atoms with van der Waals surface area (Å²) < 4.78 is 40.0. The molecule has 6 nitrogen and oxygen atoms in total. The van der Waals surface area contributed by atoms with E-state index in [4.69, 9.17) is 9.47 Å². The number of rotatable bonds is 8. The number of nitrogens with one attached hydrogen (secondary N) is 1. The molecule has 0 saturated carbocycles. The van der Waals surface area contributed by atoms with E-state index in [1.165, 1.54) is 31.4 Å². The number of ether oxygens (including phenoxy) is 3. The van der Waals surface area contributed by atoms with Crippen LogP contribution < -0.4 is 19.5 Å². The van der Waals surface area contributed by atoms with Crippen molar-refractivity contribution in [2.45, 2.75) is 6.61 Å². The Morgan fingerprint density at radius 3 is 2.31 bits per heavy atom. The predicted octanol–water partition coefficient (Wildman–Crippen LogP) is 5.63. The van der Waals surface area contributed by atoms with Gasteiger partial charge in [0.1, 0.15) is 23.1 Å². The lowest BCUT2D eigenvalue weighted by molar-refractivity contribution is -0.112. The van der Waals surface area contributed by atoms with Gasteiger partial charge in [0.2, 0.25) is 0 Å². The molecule has 1 N–H and O–H groups in total. The lowest BCUT2D eigenvalue weighted by atomic mass is 10.1. The van der Waals surface area contributed by atoms with Crippen molar-refractivity contribution in [2.75, 3.05) is 12.4 Å². The number of amides is 1. The molecule has 0 heterocycles. The van der Waals surface area contributed by atoms with Gasteiger partial charge in [-0.3, -0.25) is 4.79 Å². The van der Waals surface area contributed by atoms with Gasteiger partial charge in [0, 0.05) is 5.69 Å². The lowest BCUT2D eigenvalue weighted by Gasteiger charge is -2.10. The predicted molar refractivity (Wildman–Crippen MR) is 115 cm³/mol. The largest absolute Gasteiger partial charge is 0.493 e. The van der Waals surface area contributed by atoms with Crippen molar-refractivity contribution in [1.82, 2.24) is 0 Å². The Bertz CT molecular complexity index is 1140. The molecule has 8 heteroatoms. The van der Waals surface area contributed by atoms with Gasteiger partial charge in [-0.2, -0.15) is 14.0 Å². The van der Waals surface area contributed by atoms with Crippen LogP contribution in [-0.4, -0.2) is 19.6 Å². The summed E-state index contributed by atoms with van der Waals surface area (Å²) in [4.78, 5) is 12.5. The first kappa shape index (κ1) is 22.3. The molecule has 0 aliphatic rings. The second-order valence-electron chi connectivity index (χ2n) is 6.35. The minimum Gasteiger partial charge on any atom is -0.493 e. The van der Waals surface area contributed by atoms with Crippen LogP contribution in [0.15, 0.2) is 78.4 Å². The molecule has 0 atom stereocenters. The molecule has 0 aliphatic carbocycles. The van der Waals surface area contributed by atoms with Crippen molar-refractivity contribution >= 4 is 17.7 Å². The molecule has 162 valence electrons. The number of alkyl halides is 2. The van der Waals surface area contributed by atoms with Crippen molar-refractivity contribution < 1.29 is 27.8 Å². The van der Waals surface area contributed by atoms with Gasteiger partial charge in [-0.25, -0.2) is 0 Å². The van der Waals surface area contributed by atoms with Crippen LogP contribution in [0.1, 0.15) is 5.56 Å². The normalized spacial score (nSPS) is 10.9. The van der Waals surface area contributed by atoms with Crippen LogP contribution in [0.5, 0.6) is 23.0 Å². The number of para-hydroxylation sites is 1. The number of nitriles is 1. The molecular formula is C24H18F2N2O4. The monoisotopic (exact) mass is 436 g/mol. The van der Waals surface area contributed by atoms with Crippen LogP contribution in [0.25, 0.3) is 6.08 Å². The van der Waals surface area contributed by atoms with Crippen molar-refractivity contribution in [1.29, 1.82) is 5.26 Å². The lowest BCUT2D eigenvalue weighted by Crippen LogP contribution is -2.13. The molecular weight excluding hydrogens is 418 g/mol. The number of hydrogen-bond acceptors (Lipinski definition) is 5. The van der Waals surface area contributed by atoms with Gasteiger partial charge >= 0.3 is 6.61 Å². The standard InChI is InChI=1S/C24H18F2N2O4/c1-30-22-14-16(7-12-21(22)32-24(25)26)13-17(15-27)23(29)28-18-8-10-20(11-9-18)31-19-5-3-2-4-6-19/h2-14,24H,1H3,(H,28,29)/b17-13+. The van der Waals surface area contributed by atoms with E-state index in [0.29, 0.717) is 22.7 Å². The summed E-state index contributed by atoms with van der Waals surface area (Å²) in [7, 11) is 1.30. The van der Waals surface area contributed by atoms with E-state index in [1.54, 1.807) is 24.3 Å². The summed E-state index contributed by atoms with van der Waals surface area (Å²) in [6, 6.07) is 21.8. The Kier molecular flexibility index (Phi) is 7.38. The quantitative estimate of drug-likeness (QED) is 0.365. The number of hydrogen-bond donors (Lipinski definition) is 1. The Morgan fingerprint density at radius 2 is 1.69 bits per heavy atom. The fourth-order valence-corrected chi connectivity index (χ4v) is 2.71. The highest BCUT2D eigenvalue weighted by atomic mass is 19.3. The summed E-state index contributed by atoms with van der Waals surface area (Å²) in [5.74, 6) is 0.533. The third kappa shape index (κ3) is 6.06. The molecule has 0 aliphatic heterocycles. The third-order valence-corrected chi connectivity index (χ3v) is 4.17. The second-order valence-corrected chi connectivity index (χ2v) is 6.35. The number of benzene rings is 3. The molecule has 0 spiro atoms. The molecule has 0 aromatic heterocycles. The molecule has 0 radical (unpaired) electrons. The highest BCUT2D eigenvalue weighted by Crippen LogP contribution is 2.30. The fraction of sp³-hybridized carbons (Fsp3) is 0.0833. The summed E-state index contributed by atoms with van der Waals surface area (Å²) in [6.45, 7) is -3.00. The number of carbonyl (C=O) groups excluding carboxylic acids is 1. The minimum atomic E-state index is -3.00. The zero-order valence-electron chi connectivity index (χ0n) is 16.9. The molecule has 3 aromatic rings. The first-order chi connectivity index (χ1) is 15.5. The van der Waals surface area contributed by atoms with Crippen molar-refractivity contribution in [3.63, 3.8) is 0 Å². The first-order valence-corrected chi connectivity index (χ1v) is 9.37. The average molecular weight is 436 g/mol. The maximum absolute atomic E-state index is 12.5. The number of halogens is 2. The second kappa shape index (κ2) is 10.6. The molecule has 3 rings (SSSR count). The van der Waals surface area contributed by atoms with E-state index in [2.05, 4.69) is 10.1 Å². The first-order valence-electron chi connectivity index (χ1n) is 9.37. The summed E-state index contributed by atoms with van der Waals surface area (Å²) in [5.41, 5.74) is 0.691. The van der Waals surface area contributed by atoms with Gasteiger partial charge in [-0.1, -0.05) is 24.3 Å². The molecule has 0 bridgehead atoms. The molecule has 32 heavy (non-hydrogen) atoms. The van der Waals surface area contributed by atoms with E-state index in [-0.39, 0.29) is 17.1 Å². The number of nitrogens with zero attached hydrogens (tertiary/aromatic N) is 1. The van der Waals surface area contributed by atoms with Gasteiger partial charge in [0.05, 0.1) is 7.11 Å². The van der Waals surface area contributed by atoms with Crippen LogP contribution in [0.2, 0.25) is 0 Å². The van der Waals surface area contributed by atoms with E-state index in [1.807, 2.05) is 36.4 Å². The molecule has 0 fully saturated rings. The zero-order chi connectivity index (χ0) is 22.9. The zero-order valence-corrected chi connectivity index (χ0v) is 16.9. The van der Waals surface area contributed by atoms with E-state index < -0.39 is 12.5 Å². The number of methoxy groups -OCH3 is 1. The SMILES string of the molecule is COc1cc(/C=C(\C#N)C(=O)Nc2ccc(Oc3ccccc3)cc2)ccc1OC(F)F. The Labute approximate surface area is 183 Å². The fourth-order valence-electron chi connectivity index (χ4n) is 2.71. The Morgan fingerprint density at radius 1 is 1.00 bits per heavy atom. The Balaban J connectivity index is 1.70. The van der Waals surface area contributed by atoms with Gasteiger partial charge < -0.3 is 19.5 Å². The summed E-state index contributed by atoms with van der Waals surface area (Å²) in [5, 5.41) is 12.0. The molecule has 0 saturated heterocycles. The molecule has 3 aromatic carbocycles. The topological polar surface area (TPSA) is 80.6 Å². The summed E-state index contributed by atoms with van der Waals surface area (Å²) in [6.07, 6.45) is 1.32. The van der Waals surface area contributed by atoms with Gasteiger partial charge in [0.15, 0.2) is 11.5 Å². The van der Waals surface area contributed by atoms with Gasteiger partial charge in [-0.15, -0.1) is 0 Å². The summed E-state index contributed by atoms with van der Waals surface area (Å²) >= 11 is 0. The van der Waals surface area contributed by atoms with Crippen molar-refractivity contribution in [3.8, 4) is 29.1 Å². The van der Waals surface area contributed by atoms with Crippen LogP contribution in [0.4, 0.5) is 14.5 Å². The Hall–Kier alpha value is -4.38. The maximum Gasteiger partial charge on any atom is 0.387 e. The van der Waals surface area contributed by atoms with E-state index in [9.17, 15) is 18.8 Å². The van der Waals surface area contributed by atoms with Crippen LogP contribution in [0.3, 0.4) is 0 Å². The minimum absolute atomic E-state index is 0.0470. The van der Waals surface area contributed by atoms with E-state index in [0.717, 1.165) is 0 Å². The number of anilines is 1. The number of carbonyl (C=O) groups is 1. The van der Waals surface area contributed by atoms with Crippen LogP contribution in [0, 0.1) is 11.3 Å². The van der Waals surface area contributed by atoms with E-state index >= 15 is 0 Å². The van der Waals surface area contributed by atoms with Gasteiger partial charge in [0.25, 0.3) is 5.91 Å². The van der Waals surface area contributed by atoms with Crippen molar-refractivity contribution in [3.05, 3.63) is 83.9 Å². The highest BCUT2D eigenvalue weighted by Gasteiger charge is 2.13. The van der Waals surface area contributed by atoms with Crippen LogP contribution >= 0.6 is 0 Å². The van der Waals surface area contributed by atoms with Crippen LogP contribution in [-0.2, 0) is 4.79 Å². The average Bonchev–Trinajstić information content (AvgIpc) is 2.79. The molecule has 0 unspecified atom stereocenters. The maximum atomic E-state index is 12.5. The van der Waals surface area contributed by atoms with Gasteiger partial charge in [-0.05, 0) is 60.2 Å². The molecule has 1 amide bonds. The van der Waals surface area contributed by atoms with Crippen molar-refractivity contribution in [2.24, 2.45) is 0 Å².